The number of para-hydroxylation sites is 1. The molecule has 3 aromatic heterocycles. The van der Waals surface area contributed by atoms with Crippen molar-refractivity contribution in [2.24, 2.45) is 0 Å². The first-order valence-corrected chi connectivity index (χ1v) is 9.49. The van der Waals surface area contributed by atoms with Gasteiger partial charge in [-0.1, -0.05) is 29.5 Å². The predicted octanol–water partition coefficient (Wildman–Crippen LogP) is 3.11. The van der Waals surface area contributed by atoms with E-state index in [0.717, 1.165) is 32.6 Å². The molecule has 0 aliphatic heterocycles. The lowest BCUT2D eigenvalue weighted by molar-refractivity contribution is 0.269. The Balaban J connectivity index is 1.44. The minimum atomic E-state index is 0.0757. The van der Waals surface area contributed by atoms with E-state index >= 15 is 0 Å². The summed E-state index contributed by atoms with van der Waals surface area (Å²) in [4.78, 5) is 5.64. The van der Waals surface area contributed by atoms with Crippen LogP contribution in [0.3, 0.4) is 0 Å². The van der Waals surface area contributed by atoms with E-state index in [0.29, 0.717) is 13.1 Å². The highest BCUT2D eigenvalue weighted by molar-refractivity contribution is 7.19. The first-order valence-electron chi connectivity index (χ1n) is 8.68. The summed E-state index contributed by atoms with van der Waals surface area (Å²) in [6.45, 7) is 3.20. The van der Waals surface area contributed by atoms with Crippen LogP contribution in [0.2, 0.25) is 0 Å². The second-order valence-corrected chi connectivity index (χ2v) is 7.10. The van der Waals surface area contributed by atoms with Gasteiger partial charge in [-0.15, -0.1) is 0 Å². The lowest BCUT2D eigenvalue weighted by atomic mass is 10.3. The molecule has 0 saturated heterocycles. The molecule has 1 aromatic carbocycles. The molecular weight excluding hydrogens is 360 g/mol. The quantitative estimate of drug-likeness (QED) is 0.515. The van der Waals surface area contributed by atoms with E-state index in [9.17, 15) is 0 Å². The van der Waals surface area contributed by atoms with Gasteiger partial charge in [-0.3, -0.25) is 4.68 Å². The molecule has 0 radical (unpaired) electrons. The molecule has 3 heterocycles. The van der Waals surface area contributed by atoms with Crippen molar-refractivity contribution in [3.8, 4) is 16.3 Å². The Kier molecular flexibility index (Phi) is 4.99. The van der Waals surface area contributed by atoms with Crippen LogP contribution in [0.15, 0.2) is 55.0 Å². The van der Waals surface area contributed by atoms with Gasteiger partial charge in [-0.25, -0.2) is 9.67 Å². The Morgan fingerprint density at radius 1 is 1.19 bits per heavy atom. The maximum absolute atomic E-state index is 9.02. The third kappa shape index (κ3) is 3.91. The highest BCUT2D eigenvalue weighted by Crippen LogP contribution is 2.31. The average molecular weight is 380 g/mol. The number of nitrogens with zero attached hydrogens (tertiary/aromatic N) is 5. The number of rotatable bonds is 7. The van der Waals surface area contributed by atoms with Gasteiger partial charge in [0, 0.05) is 24.5 Å². The lowest BCUT2D eigenvalue weighted by Crippen LogP contribution is -2.02. The summed E-state index contributed by atoms with van der Waals surface area (Å²) < 4.78 is 3.60. The monoisotopic (exact) mass is 380 g/mol. The normalized spacial score (nSPS) is 11.0. The van der Waals surface area contributed by atoms with E-state index in [-0.39, 0.29) is 6.61 Å². The topological polar surface area (TPSA) is 80.8 Å². The van der Waals surface area contributed by atoms with Crippen LogP contribution in [-0.4, -0.2) is 36.3 Å². The number of aryl methyl sites for hydroxylation is 1. The summed E-state index contributed by atoms with van der Waals surface area (Å²) in [5, 5.41) is 22.1. The van der Waals surface area contributed by atoms with Crippen molar-refractivity contribution in [2.75, 3.05) is 11.9 Å². The molecule has 27 heavy (non-hydrogen) atoms. The maximum atomic E-state index is 9.02. The number of nitrogens with one attached hydrogen (secondary N) is 1. The number of hydrogen-bond donors (Lipinski definition) is 2. The van der Waals surface area contributed by atoms with E-state index in [1.807, 2.05) is 66.6 Å². The summed E-state index contributed by atoms with van der Waals surface area (Å²) in [7, 11) is 0. The highest BCUT2D eigenvalue weighted by atomic mass is 32.1. The van der Waals surface area contributed by atoms with Crippen molar-refractivity contribution in [3.63, 3.8) is 0 Å². The van der Waals surface area contributed by atoms with Crippen LogP contribution >= 0.6 is 11.3 Å². The number of benzene rings is 1. The van der Waals surface area contributed by atoms with Crippen molar-refractivity contribution in [1.29, 1.82) is 0 Å². The van der Waals surface area contributed by atoms with Gasteiger partial charge in [-0.2, -0.15) is 10.2 Å². The summed E-state index contributed by atoms with van der Waals surface area (Å²) in [6, 6.07) is 12.0. The van der Waals surface area contributed by atoms with Crippen LogP contribution < -0.4 is 5.32 Å². The largest absolute Gasteiger partial charge is 0.394 e. The van der Waals surface area contributed by atoms with Crippen LogP contribution in [0, 0.1) is 6.92 Å². The number of aliphatic hydroxyl groups is 1. The molecule has 8 heteroatoms. The predicted molar refractivity (Wildman–Crippen MR) is 106 cm³/mol. The molecule has 0 amide bonds. The number of aliphatic hydroxyl groups excluding tert-OH is 1. The highest BCUT2D eigenvalue weighted by Gasteiger charge is 2.12. The maximum Gasteiger partial charge on any atom is 0.183 e. The minimum Gasteiger partial charge on any atom is -0.394 e. The summed E-state index contributed by atoms with van der Waals surface area (Å²) in [6.07, 6.45) is 5.74. The molecule has 4 aromatic rings. The van der Waals surface area contributed by atoms with E-state index in [1.54, 1.807) is 16.0 Å². The lowest BCUT2D eigenvalue weighted by Gasteiger charge is -2.00. The summed E-state index contributed by atoms with van der Waals surface area (Å²) in [5.41, 5.74) is 3.94. The van der Waals surface area contributed by atoms with Crippen LogP contribution in [0.25, 0.3) is 16.3 Å². The molecule has 0 unspecified atom stereocenters. The Bertz CT molecular complexity index is 1020. The fraction of sp³-hybridized carbons (Fsp3) is 0.211. The molecular formula is C19H20N6OS. The zero-order valence-corrected chi connectivity index (χ0v) is 15.7. The molecule has 0 fully saturated rings. The Hall–Kier alpha value is -2.97. The van der Waals surface area contributed by atoms with E-state index in [1.165, 1.54) is 0 Å². The standard InChI is InChI=1S/C19H20N6OS/c1-14-18(17-7-8-24(23-17)9-10-26)27-19(22-14)20-11-15-12-21-25(13-15)16-5-3-2-4-6-16/h2-8,12-13,26H,9-11H2,1H3,(H,20,22). The molecule has 0 atom stereocenters. The number of anilines is 1. The van der Waals surface area contributed by atoms with Gasteiger partial charge in [0.25, 0.3) is 0 Å². The van der Waals surface area contributed by atoms with Crippen LogP contribution in [-0.2, 0) is 13.1 Å². The molecule has 0 spiro atoms. The fourth-order valence-corrected chi connectivity index (χ4v) is 3.70. The third-order valence-electron chi connectivity index (χ3n) is 4.10. The van der Waals surface area contributed by atoms with E-state index in [2.05, 4.69) is 20.5 Å². The van der Waals surface area contributed by atoms with Gasteiger partial charge in [-0.05, 0) is 25.1 Å². The third-order valence-corrected chi connectivity index (χ3v) is 5.24. The SMILES string of the molecule is Cc1nc(NCc2cnn(-c3ccccc3)c2)sc1-c1ccn(CCO)n1. The molecule has 2 N–H and O–H groups in total. The molecule has 7 nitrogen and oxygen atoms in total. The second-order valence-electron chi connectivity index (χ2n) is 6.10. The van der Waals surface area contributed by atoms with Gasteiger partial charge >= 0.3 is 0 Å². The fourth-order valence-electron chi connectivity index (χ4n) is 2.77. The number of aromatic nitrogens is 5. The van der Waals surface area contributed by atoms with Gasteiger partial charge < -0.3 is 10.4 Å². The van der Waals surface area contributed by atoms with Gasteiger partial charge in [0.05, 0.1) is 35.6 Å². The molecule has 0 aliphatic carbocycles. The summed E-state index contributed by atoms with van der Waals surface area (Å²) in [5.74, 6) is 0. The first kappa shape index (κ1) is 17.4. The zero-order chi connectivity index (χ0) is 18.6. The molecule has 138 valence electrons. The van der Waals surface area contributed by atoms with Crippen LogP contribution in [0.1, 0.15) is 11.3 Å². The molecule has 4 rings (SSSR count). The molecule has 0 bridgehead atoms. The van der Waals surface area contributed by atoms with Crippen molar-refractivity contribution in [1.82, 2.24) is 24.5 Å². The molecule has 0 saturated carbocycles. The van der Waals surface area contributed by atoms with E-state index < -0.39 is 0 Å². The van der Waals surface area contributed by atoms with Crippen LogP contribution in [0.4, 0.5) is 5.13 Å². The van der Waals surface area contributed by atoms with E-state index in [4.69, 9.17) is 5.11 Å². The second kappa shape index (κ2) is 7.73. The first-order chi connectivity index (χ1) is 13.2. The minimum absolute atomic E-state index is 0.0757. The van der Waals surface area contributed by atoms with Crippen molar-refractivity contribution in [3.05, 3.63) is 66.2 Å². The van der Waals surface area contributed by atoms with Gasteiger partial charge in [0.15, 0.2) is 5.13 Å². The van der Waals surface area contributed by atoms with Crippen LogP contribution in [0.5, 0.6) is 0 Å². The summed E-state index contributed by atoms with van der Waals surface area (Å²) >= 11 is 1.58. The van der Waals surface area contributed by atoms with Crippen molar-refractivity contribution >= 4 is 16.5 Å². The van der Waals surface area contributed by atoms with Gasteiger partial charge in [0.1, 0.15) is 5.69 Å². The average Bonchev–Trinajstić information content (AvgIpc) is 3.41. The van der Waals surface area contributed by atoms with Gasteiger partial charge in [0.2, 0.25) is 0 Å². The Morgan fingerprint density at radius 2 is 2.04 bits per heavy atom. The van der Waals surface area contributed by atoms with Crippen molar-refractivity contribution in [2.45, 2.75) is 20.0 Å². The Labute approximate surface area is 160 Å². The van der Waals surface area contributed by atoms with Crippen molar-refractivity contribution < 1.29 is 5.11 Å². The number of hydrogen-bond acceptors (Lipinski definition) is 6. The smallest absolute Gasteiger partial charge is 0.183 e. The zero-order valence-electron chi connectivity index (χ0n) is 14.9. The number of thiazole rings is 1. The molecule has 0 aliphatic rings. The Morgan fingerprint density at radius 3 is 2.85 bits per heavy atom.